The number of esters is 2. The van der Waals surface area contributed by atoms with Gasteiger partial charge in [-0.05, 0) is 0 Å². The first-order valence-corrected chi connectivity index (χ1v) is 16.7. The van der Waals surface area contributed by atoms with Crippen molar-refractivity contribution in [3.05, 3.63) is 158 Å². The molecule has 0 aliphatic rings. The summed E-state index contributed by atoms with van der Waals surface area (Å²) >= 11 is 0. The fourth-order valence-corrected chi connectivity index (χ4v) is 5.65. The van der Waals surface area contributed by atoms with Gasteiger partial charge in [0.15, 0.2) is 0 Å². The molecule has 0 bridgehead atoms. The van der Waals surface area contributed by atoms with Gasteiger partial charge in [-0.25, -0.2) is 84.3 Å². The minimum Gasteiger partial charge on any atom is -0.459 e. The van der Waals surface area contributed by atoms with E-state index >= 15 is 0 Å². The molecule has 0 saturated heterocycles. The molecule has 0 saturated carbocycles. The van der Waals surface area contributed by atoms with Gasteiger partial charge in [-0.3, -0.25) is 9.59 Å². The van der Waals surface area contributed by atoms with Crippen LogP contribution in [0, 0.1) is 0 Å². The number of hydrogen-bond donors (Lipinski definition) is 0. The third-order valence-electron chi connectivity index (χ3n) is 7.92. The standard InChI is InChI=1S/C34H41N9O13/c1-8-13-35-26(46)36(14-9-2)29(49)40(28(35)48)18-24(55-22(6)44)20-42-32(52)39(17-12-5)33(53)43(34(42)54)21-25(56-23(7)45)19-41-30(50)37(15-10-3)27(47)38(16-11-4)31(41)51/h8-12,24-25H,1-5,13-21H2,6-7H3. The van der Waals surface area contributed by atoms with Gasteiger partial charge < -0.3 is 9.47 Å². The molecule has 2 atom stereocenters. The van der Waals surface area contributed by atoms with Crippen molar-refractivity contribution in [2.45, 2.75) is 85.0 Å². The van der Waals surface area contributed by atoms with E-state index < -0.39 is 108 Å². The summed E-state index contributed by atoms with van der Waals surface area (Å²) in [5.41, 5.74) is -10.4. The van der Waals surface area contributed by atoms with Gasteiger partial charge in [-0.1, -0.05) is 30.4 Å². The van der Waals surface area contributed by atoms with Crippen molar-refractivity contribution in [3.8, 4) is 0 Å². The molecule has 56 heavy (non-hydrogen) atoms. The first-order valence-electron chi connectivity index (χ1n) is 16.7. The van der Waals surface area contributed by atoms with E-state index in [0.717, 1.165) is 19.9 Å². The van der Waals surface area contributed by atoms with Gasteiger partial charge in [-0.15, -0.1) is 32.9 Å². The van der Waals surface area contributed by atoms with Crippen molar-refractivity contribution in [2.75, 3.05) is 0 Å². The van der Waals surface area contributed by atoms with E-state index in [4.69, 9.17) is 9.47 Å². The molecule has 300 valence electrons. The molecular weight excluding hydrogens is 742 g/mol. The summed E-state index contributed by atoms with van der Waals surface area (Å²) in [5, 5.41) is 0. The second-order valence-electron chi connectivity index (χ2n) is 11.9. The molecule has 3 aromatic heterocycles. The lowest BCUT2D eigenvalue weighted by Gasteiger charge is -2.22. The predicted octanol–water partition coefficient (Wildman–Crippen LogP) is -3.66. The number of ether oxygens (including phenoxy) is 2. The Morgan fingerprint density at radius 3 is 0.714 bits per heavy atom. The Balaban J connectivity index is 2.29. The summed E-state index contributed by atoms with van der Waals surface area (Å²) in [6.45, 7) is 14.3. The molecular formula is C34H41N9O13. The zero-order chi connectivity index (χ0) is 42.0. The quantitative estimate of drug-likeness (QED) is 0.0793. The minimum atomic E-state index is -1.64. The van der Waals surface area contributed by atoms with E-state index in [9.17, 15) is 52.7 Å². The molecule has 0 spiro atoms. The maximum absolute atomic E-state index is 14.0. The van der Waals surface area contributed by atoms with Gasteiger partial charge in [0.2, 0.25) is 0 Å². The van der Waals surface area contributed by atoms with Crippen LogP contribution in [0.5, 0.6) is 0 Å². The number of carbonyl (C=O) groups is 2. The van der Waals surface area contributed by atoms with Crippen LogP contribution in [0.25, 0.3) is 0 Å². The number of allylic oxidation sites excluding steroid dienone is 5. The van der Waals surface area contributed by atoms with Crippen molar-refractivity contribution in [1.82, 2.24) is 41.1 Å². The van der Waals surface area contributed by atoms with E-state index in [-0.39, 0.29) is 26.2 Å². The molecule has 3 heterocycles. The fraction of sp³-hybridized carbons (Fsp3) is 0.382. The van der Waals surface area contributed by atoms with Crippen LogP contribution in [0.2, 0.25) is 0 Å². The number of carbonyl (C=O) groups excluding carboxylic acids is 2. The van der Waals surface area contributed by atoms with Crippen LogP contribution < -0.4 is 51.2 Å². The number of hydrogen-bond acceptors (Lipinski definition) is 13. The monoisotopic (exact) mass is 783 g/mol. The van der Waals surface area contributed by atoms with Gasteiger partial charge in [0.25, 0.3) is 0 Å². The lowest BCUT2D eigenvalue weighted by atomic mass is 10.3. The van der Waals surface area contributed by atoms with Gasteiger partial charge in [-0.2, -0.15) is 0 Å². The van der Waals surface area contributed by atoms with Crippen LogP contribution in [0.15, 0.2) is 106 Å². The summed E-state index contributed by atoms with van der Waals surface area (Å²) in [4.78, 5) is 145. The molecule has 22 heteroatoms. The lowest BCUT2D eigenvalue weighted by molar-refractivity contribution is -0.148. The van der Waals surface area contributed by atoms with E-state index in [1.165, 1.54) is 24.3 Å². The SMILES string of the molecule is C=CCn1c(=O)n(CC=C)c(=O)n(CC(Cn2c(=O)n(CC=C)c(=O)n(CC(Cn3c(=O)n(CC=C)c(=O)n(CC=C)c3=O)OC(C)=O)c2=O)OC(C)=O)c1=O. The smallest absolute Gasteiger partial charge is 0.336 e. The van der Waals surface area contributed by atoms with Crippen LogP contribution in [-0.4, -0.2) is 65.3 Å². The molecule has 0 amide bonds. The average Bonchev–Trinajstić information content (AvgIpc) is 3.13. The molecule has 0 aromatic carbocycles. The van der Waals surface area contributed by atoms with E-state index in [1.807, 2.05) is 0 Å². The van der Waals surface area contributed by atoms with E-state index in [0.29, 0.717) is 41.1 Å². The van der Waals surface area contributed by atoms with Crippen molar-refractivity contribution < 1.29 is 19.1 Å². The highest BCUT2D eigenvalue weighted by Gasteiger charge is 2.27. The second kappa shape index (κ2) is 18.8. The third-order valence-corrected chi connectivity index (χ3v) is 7.92. The largest absolute Gasteiger partial charge is 0.459 e. The number of nitrogens with zero attached hydrogens (tertiary/aromatic N) is 9. The Bertz CT molecular complexity index is 2370. The summed E-state index contributed by atoms with van der Waals surface area (Å²) in [7, 11) is 0. The highest BCUT2D eigenvalue weighted by atomic mass is 16.5. The summed E-state index contributed by atoms with van der Waals surface area (Å²) in [6, 6.07) is 0. The maximum Gasteiger partial charge on any atom is 0.336 e. The molecule has 0 aliphatic heterocycles. The zero-order valence-corrected chi connectivity index (χ0v) is 30.8. The van der Waals surface area contributed by atoms with Crippen LogP contribution >= 0.6 is 0 Å². The molecule has 0 fully saturated rings. The Morgan fingerprint density at radius 1 is 0.393 bits per heavy atom. The van der Waals surface area contributed by atoms with Crippen molar-refractivity contribution in [3.63, 3.8) is 0 Å². The van der Waals surface area contributed by atoms with Crippen molar-refractivity contribution >= 4 is 11.9 Å². The minimum absolute atomic E-state index is 0.322. The van der Waals surface area contributed by atoms with E-state index in [2.05, 4.69) is 32.9 Å². The van der Waals surface area contributed by atoms with Gasteiger partial charge in [0.05, 0.1) is 58.9 Å². The van der Waals surface area contributed by atoms with Gasteiger partial charge in [0.1, 0.15) is 12.2 Å². The maximum atomic E-state index is 14.0. The van der Waals surface area contributed by atoms with Gasteiger partial charge in [0, 0.05) is 13.8 Å². The van der Waals surface area contributed by atoms with Crippen molar-refractivity contribution in [2.24, 2.45) is 0 Å². The highest BCUT2D eigenvalue weighted by Crippen LogP contribution is 2.01. The third kappa shape index (κ3) is 9.14. The molecule has 0 radical (unpaired) electrons. The normalized spacial score (nSPS) is 12.0. The lowest BCUT2D eigenvalue weighted by Crippen LogP contribution is -2.58. The summed E-state index contributed by atoms with van der Waals surface area (Å²) < 4.78 is 15.8. The van der Waals surface area contributed by atoms with Crippen LogP contribution in [-0.2, 0) is 78.0 Å². The molecule has 0 N–H and O–H groups in total. The van der Waals surface area contributed by atoms with E-state index in [1.54, 1.807) is 0 Å². The first-order chi connectivity index (χ1) is 26.5. The Labute approximate surface area is 314 Å². The first kappa shape index (κ1) is 43.3. The van der Waals surface area contributed by atoms with Crippen molar-refractivity contribution in [1.29, 1.82) is 0 Å². The topological polar surface area (TPSA) is 251 Å². The predicted molar refractivity (Wildman–Crippen MR) is 200 cm³/mol. The Morgan fingerprint density at radius 2 is 0.554 bits per heavy atom. The number of rotatable bonds is 20. The van der Waals surface area contributed by atoms with Gasteiger partial charge >= 0.3 is 63.1 Å². The Kier molecular flexibility index (Phi) is 14.5. The molecule has 3 rings (SSSR count). The molecule has 3 aromatic rings. The second-order valence-corrected chi connectivity index (χ2v) is 11.9. The van der Waals surface area contributed by atoms with Crippen LogP contribution in [0.3, 0.4) is 0 Å². The number of aromatic nitrogens is 9. The van der Waals surface area contributed by atoms with Crippen LogP contribution in [0.1, 0.15) is 13.8 Å². The highest BCUT2D eigenvalue weighted by molar-refractivity contribution is 5.66. The molecule has 22 nitrogen and oxygen atoms in total. The Hall–Kier alpha value is -7.13. The molecule has 0 aliphatic carbocycles. The average molecular weight is 784 g/mol. The summed E-state index contributed by atoms with van der Waals surface area (Å²) in [5.74, 6) is -1.94. The summed E-state index contributed by atoms with van der Waals surface area (Å²) in [6.07, 6.45) is 2.74. The zero-order valence-electron chi connectivity index (χ0n) is 30.8. The fourth-order valence-electron chi connectivity index (χ4n) is 5.65. The molecule has 2 unspecified atom stereocenters. The van der Waals surface area contributed by atoms with Crippen LogP contribution in [0.4, 0.5) is 0 Å².